The van der Waals surface area contributed by atoms with Gasteiger partial charge in [0.1, 0.15) is 12.3 Å². The van der Waals surface area contributed by atoms with Gasteiger partial charge in [-0.1, -0.05) is 53.6 Å². The first-order chi connectivity index (χ1) is 15.8. The number of halogens is 1. The Morgan fingerprint density at radius 1 is 1.00 bits per heavy atom. The average molecular weight is 487 g/mol. The number of hydrogen-bond donors (Lipinski definition) is 1. The minimum atomic E-state index is -4.00. The number of carbonyl (C=O) groups excluding carboxylic acids is 1. The van der Waals surface area contributed by atoms with E-state index in [0.29, 0.717) is 29.4 Å². The van der Waals surface area contributed by atoms with E-state index in [1.54, 1.807) is 36.4 Å². The number of ether oxygens (including phenoxy) is 1. The Balaban J connectivity index is 1.74. The largest absolute Gasteiger partial charge is 0.495 e. The second kappa shape index (κ2) is 11.2. The first kappa shape index (κ1) is 24.6. The van der Waals surface area contributed by atoms with Crippen LogP contribution in [0, 0.1) is 6.92 Å². The Morgan fingerprint density at radius 3 is 2.33 bits per heavy atom. The van der Waals surface area contributed by atoms with E-state index in [0.717, 1.165) is 21.9 Å². The highest BCUT2D eigenvalue weighted by Crippen LogP contribution is 2.32. The monoisotopic (exact) mass is 486 g/mol. The smallest absolute Gasteiger partial charge is 0.264 e. The molecule has 0 unspecified atom stereocenters. The van der Waals surface area contributed by atoms with E-state index in [4.69, 9.17) is 16.3 Å². The molecule has 0 aliphatic carbocycles. The van der Waals surface area contributed by atoms with Gasteiger partial charge >= 0.3 is 0 Å². The lowest BCUT2D eigenvalue weighted by molar-refractivity contribution is -0.119. The summed E-state index contributed by atoms with van der Waals surface area (Å²) in [6.45, 7) is 1.94. The van der Waals surface area contributed by atoms with Crippen LogP contribution in [0.25, 0.3) is 0 Å². The third-order valence-electron chi connectivity index (χ3n) is 5.13. The molecule has 174 valence electrons. The van der Waals surface area contributed by atoms with Gasteiger partial charge in [0.05, 0.1) is 17.7 Å². The van der Waals surface area contributed by atoms with E-state index < -0.39 is 15.9 Å². The number of sulfonamides is 1. The molecule has 0 aliphatic heterocycles. The lowest BCUT2D eigenvalue weighted by Gasteiger charge is -2.25. The van der Waals surface area contributed by atoms with Crippen LogP contribution in [0.3, 0.4) is 0 Å². The van der Waals surface area contributed by atoms with E-state index in [-0.39, 0.29) is 11.4 Å². The maximum atomic E-state index is 13.5. The standard InChI is InChI=1S/C25H27ClN2O4S/c1-19-9-15-22(16-10-19)33(30,31)28(23-7-3-4-8-24(23)32-2)18-25(29)27-17-5-6-20-11-13-21(26)14-12-20/h3-4,7-16H,5-6,17-18H2,1-2H3,(H,27,29). The van der Waals surface area contributed by atoms with Gasteiger partial charge in [0.15, 0.2) is 0 Å². The number of nitrogens with one attached hydrogen (secondary N) is 1. The van der Waals surface area contributed by atoms with E-state index in [1.165, 1.54) is 19.2 Å². The SMILES string of the molecule is COc1ccccc1N(CC(=O)NCCCc1ccc(Cl)cc1)S(=O)(=O)c1ccc(C)cc1. The molecule has 8 heteroatoms. The Hall–Kier alpha value is -3.03. The molecule has 6 nitrogen and oxygen atoms in total. The summed E-state index contributed by atoms with van der Waals surface area (Å²) in [5.74, 6) is -0.0311. The van der Waals surface area contributed by atoms with Crippen LogP contribution in [-0.4, -0.2) is 34.5 Å². The van der Waals surface area contributed by atoms with Crippen LogP contribution in [0.4, 0.5) is 5.69 Å². The van der Waals surface area contributed by atoms with Gasteiger partial charge in [0.2, 0.25) is 5.91 Å². The molecule has 0 heterocycles. The Bertz CT molecular complexity index is 1180. The number of benzene rings is 3. The van der Waals surface area contributed by atoms with Crippen LogP contribution in [-0.2, 0) is 21.2 Å². The molecule has 0 bridgehead atoms. The zero-order chi connectivity index (χ0) is 23.8. The van der Waals surface area contributed by atoms with Gasteiger partial charge < -0.3 is 10.1 Å². The second-order valence-corrected chi connectivity index (χ2v) is 9.88. The van der Waals surface area contributed by atoms with Crippen molar-refractivity contribution in [2.45, 2.75) is 24.7 Å². The van der Waals surface area contributed by atoms with Gasteiger partial charge in [0.25, 0.3) is 10.0 Å². The van der Waals surface area contributed by atoms with Gasteiger partial charge in [-0.3, -0.25) is 9.10 Å². The molecule has 3 aromatic carbocycles. The van der Waals surface area contributed by atoms with Crippen LogP contribution in [0.15, 0.2) is 77.7 Å². The molecule has 33 heavy (non-hydrogen) atoms. The molecule has 0 atom stereocenters. The van der Waals surface area contributed by atoms with Gasteiger partial charge in [-0.15, -0.1) is 0 Å². The molecule has 3 aromatic rings. The summed E-state index contributed by atoms with van der Waals surface area (Å²) in [5, 5.41) is 3.50. The van der Waals surface area contributed by atoms with Crippen molar-refractivity contribution in [2.75, 3.05) is 24.5 Å². The maximum absolute atomic E-state index is 13.5. The van der Waals surface area contributed by atoms with Crippen molar-refractivity contribution in [1.29, 1.82) is 0 Å². The van der Waals surface area contributed by atoms with E-state index >= 15 is 0 Å². The predicted octanol–water partition coefficient (Wildman–Crippen LogP) is 4.60. The average Bonchev–Trinajstić information content (AvgIpc) is 2.81. The van der Waals surface area contributed by atoms with Gasteiger partial charge in [-0.05, 0) is 61.7 Å². The van der Waals surface area contributed by atoms with E-state index in [2.05, 4.69) is 5.32 Å². The summed E-state index contributed by atoms with van der Waals surface area (Å²) in [6, 6.07) is 20.8. The minimum Gasteiger partial charge on any atom is -0.495 e. The summed E-state index contributed by atoms with van der Waals surface area (Å²) in [7, 11) is -2.53. The fourth-order valence-corrected chi connectivity index (χ4v) is 4.89. The van der Waals surface area contributed by atoms with Crippen LogP contribution in [0.5, 0.6) is 5.75 Å². The normalized spacial score (nSPS) is 11.1. The molecule has 1 amide bonds. The van der Waals surface area contributed by atoms with Crippen LogP contribution in [0.1, 0.15) is 17.5 Å². The molecular formula is C25H27ClN2O4S. The number of amides is 1. The number of carbonyl (C=O) groups is 1. The quantitative estimate of drug-likeness (QED) is 0.425. The van der Waals surface area contributed by atoms with Gasteiger partial charge in [-0.25, -0.2) is 8.42 Å². The summed E-state index contributed by atoms with van der Waals surface area (Å²) in [5.41, 5.74) is 2.36. The molecule has 0 aliphatic rings. The molecule has 0 fully saturated rings. The topological polar surface area (TPSA) is 75.7 Å². The van der Waals surface area contributed by atoms with Crippen LogP contribution < -0.4 is 14.4 Å². The first-order valence-electron chi connectivity index (χ1n) is 10.5. The third kappa shape index (κ3) is 6.49. The predicted molar refractivity (Wildman–Crippen MR) is 131 cm³/mol. The number of para-hydroxylation sites is 2. The number of hydrogen-bond acceptors (Lipinski definition) is 4. The van der Waals surface area contributed by atoms with Gasteiger partial charge in [-0.2, -0.15) is 0 Å². The Morgan fingerprint density at radius 2 is 1.67 bits per heavy atom. The lowest BCUT2D eigenvalue weighted by atomic mass is 10.1. The molecular weight excluding hydrogens is 460 g/mol. The third-order valence-corrected chi connectivity index (χ3v) is 7.15. The van der Waals surface area contributed by atoms with Crippen molar-refractivity contribution < 1.29 is 17.9 Å². The number of rotatable bonds is 10. The fraction of sp³-hybridized carbons (Fsp3) is 0.240. The van der Waals surface area contributed by atoms with Crippen LogP contribution >= 0.6 is 11.6 Å². The molecule has 0 saturated heterocycles. The van der Waals surface area contributed by atoms with E-state index in [1.807, 2.05) is 31.2 Å². The van der Waals surface area contributed by atoms with Crippen molar-refractivity contribution in [2.24, 2.45) is 0 Å². The highest BCUT2D eigenvalue weighted by atomic mass is 35.5. The molecule has 3 rings (SSSR count). The molecule has 0 aromatic heterocycles. The van der Waals surface area contributed by atoms with Crippen molar-refractivity contribution in [3.8, 4) is 5.75 Å². The lowest BCUT2D eigenvalue weighted by Crippen LogP contribution is -2.41. The summed E-state index contributed by atoms with van der Waals surface area (Å²) in [6.07, 6.45) is 1.49. The molecule has 0 saturated carbocycles. The Kier molecular flexibility index (Phi) is 8.36. The zero-order valence-electron chi connectivity index (χ0n) is 18.6. The number of anilines is 1. The number of nitrogens with zero attached hydrogens (tertiary/aromatic N) is 1. The first-order valence-corrected chi connectivity index (χ1v) is 12.4. The van der Waals surface area contributed by atoms with Crippen molar-refractivity contribution in [1.82, 2.24) is 5.32 Å². The molecule has 1 N–H and O–H groups in total. The molecule has 0 spiro atoms. The number of methoxy groups -OCH3 is 1. The highest BCUT2D eigenvalue weighted by molar-refractivity contribution is 7.92. The summed E-state index contributed by atoms with van der Waals surface area (Å²) in [4.78, 5) is 12.8. The second-order valence-electron chi connectivity index (χ2n) is 7.58. The van der Waals surface area contributed by atoms with Crippen LogP contribution in [0.2, 0.25) is 5.02 Å². The molecule has 0 radical (unpaired) electrons. The van der Waals surface area contributed by atoms with Crippen molar-refractivity contribution in [3.05, 3.63) is 88.9 Å². The highest BCUT2D eigenvalue weighted by Gasteiger charge is 2.29. The summed E-state index contributed by atoms with van der Waals surface area (Å²) < 4.78 is 33.4. The Labute approximate surface area is 200 Å². The van der Waals surface area contributed by atoms with E-state index in [9.17, 15) is 13.2 Å². The number of aryl methyl sites for hydroxylation is 2. The van der Waals surface area contributed by atoms with Crippen molar-refractivity contribution in [3.63, 3.8) is 0 Å². The van der Waals surface area contributed by atoms with Crippen molar-refractivity contribution >= 4 is 33.2 Å². The summed E-state index contributed by atoms with van der Waals surface area (Å²) >= 11 is 5.90. The fourth-order valence-electron chi connectivity index (χ4n) is 3.33. The minimum absolute atomic E-state index is 0.106. The maximum Gasteiger partial charge on any atom is 0.264 e. The van der Waals surface area contributed by atoms with Gasteiger partial charge in [0, 0.05) is 11.6 Å². The zero-order valence-corrected chi connectivity index (χ0v) is 20.2.